The highest BCUT2D eigenvalue weighted by Crippen LogP contribution is 2.41. The summed E-state index contributed by atoms with van der Waals surface area (Å²) in [6.07, 6.45) is 11.2. The summed E-state index contributed by atoms with van der Waals surface area (Å²) in [6.45, 7) is 7.96. The summed E-state index contributed by atoms with van der Waals surface area (Å²) < 4.78 is 14.1. The number of hydrogen-bond donors (Lipinski definition) is 2. The van der Waals surface area contributed by atoms with Gasteiger partial charge in [-0.15, -0.1) is 0 Å². The van der Waals surface area contributed by atoms with Crippen LogP contribution in [0.3, 0.4) is 0 Å². The number of aryl methyl sites for hydroxylation is 2. The van der Waals surface area contributed by atoms with Crippen molar-refractivity contribution in [3.8, 4) is 11.4 Å². The molecule has 2 N–H and O–H groups in total. The summed E-state index contributed by atoms with van der Waals surface area (Å²) in [5.41, 5.74) is 4.22. The second kappa shape index (κ2) is 10.1. The van der Waals surface area contributed by atoms with Gasteiger partial charge in [0.05, 0.1) is 11.7 Å². The molecule has 1 atom stereocenters. The third kappa shape index (κ3) is 4.85. The summed E-state index contributed by atoms with van der Waals surface area (Å²) >= 11 is 0. The Morgan fingerprint density at radius 1 is 1.06 bits per heavy atom. The highest BCUT2D eigenvalue weighted by molar-refractivity contribution is 5.93. The Bertz CT molecular complexity index is 1400. The number of aromatic nitrogens is 5. The lowest BCUT2D eigenvalue weighted by atomic mass is 9.79. The molecule has 1 saturated carbocycles. The first-order chi connectivity index (χ1) is 17.4. The second-order valence-electron chi connectivity index (χ2n) is 9.80. The van der Waals surface area contributed by atoms with Crippen molar-refractivity contribution in [2.45, 2.75) is 71.8 Å². The van der Waals surface area contributed by atoms with Gasteiger partial charge in [-0.2, -0.15) is 4.39 Å². The van der Waals surface area contributed by atoms with Crippen molar-refractivity contribution < 1.29 is 4.39 Å². The topological polar surface area (TPSA) is 88.5 Å². The van der Waals surface area contributed by atoms with Gasteiger partial charge in [0, 0.05) is 34.9 Å². The lowest BCUT2D eigenvalue weighted by Gasteiger charge is -2.27. The molecule has 0 amide bonds. The zero-order valence-electron chi connectivity index (χ0n) is 21.3. The van der Waals surface area contributed by atoms with Crippen LogP contribution in [-0.4, -0.2) is 31.0 Å². The number of rotatable bonds is 8. The van der Waals surface area contributed by atoms with E-state index in [0.29, 0.717) is 28.9 Å². The second-order valence-corrected chi connectivity index (χ2v) is 9.80. The number of nitrogens with one attached hydrogen (secondary N) is 2. The molecule has 36 heavy (non-hydrogen) atoms. The number of fused-ring (bicyclic) bond motifs is 1. The Labute approximate surface area is 211 Å². The van der Waals surface area contributed by atoms with Crippen LogP contribution in [0.4, 0.5) is 21.8 Å². The molecule has 0 aromatic carbocycles. The molecular weight excluding hydrogens is 453 g/mol. The molecule has 1 fully saturated rings. The van der Waals surface area contributed by atoms with Crippen LogP contribution in [0.2, 0.25) is 0 Å². The van der Waals surface area contributed by atoms with Crippen molar-refractivity contribution in [3.05, 3.63) is 59.4 Å². The molecular formula is C28H32FN7. The molecule has 1 aliphatic carbocycles. The number of halogens is 1. The quantitative estimate of drug-likeness (QED) is 0.264. The fourth-order valence-corrected chi connectivity index (χ4v) is 4.72. The lowest BCUT2D eigenvalue weighted by Crippen LogP contribution is -2.18. The van der Waals surface area contributed by atoms with Crippen molar-refractivity contribution in [2.75, 3.05) is 10.6 Å². The SMILES string of the molecule is CCC[C@@H](C)Nc1nc(-c2ccnc(Nc3nc(F)c(C)cc3C)c2)nc2cncc(C3CCC3)c12. The molecule has 4 heterocycles. The molecule has 0 bridgehead atoms. The van der Waals surface area contributed by atoms with Gasteiger partial charge < -0.3 is 10.6 Å². The molecule has 8 heteroatoms. The van der Waals surface area contributed by atoms with Crippen LogP contribution >= 0.6 is 0 Å². The summed E-state index contributed by atoms with van der Waals surface area (Å²) in [7, 11) is 0. The van der Waals surface area contributed by atoms with E-state index in [2.05, 4.69) is 39.4 Å². The van der Waals surface area contributed by atoms with Crippen molar-refractivity contribution in [3.63, 3.8) is 0 Å². The molecule has 1 aliphatic rings. The van der Waals surface area contributed by atoms with E-state index in [-0.39, 0.29) is 6.04 Å². The van der Waals surface area contributed by atoms with E-state index in [0.717, 1.165) is 40.7 Å². The van der Waals surface area contributed by atoms with Gasteiger partial charge in [-0.1, -0.05) is 19.8 Å². The average Bonchev–Trinajstić information content (AvgIpc) is 2.82. The highest BCUT2D eigenvalue weighted by Gasteiger charge is 2.25. The van der Waals surface area contributed by atoms with E-state index in [1.54, 1.807) is 19.2 Å². The summed E-state index contributed by atoms with van der Waals surface area (Å²) in [5, 5.41) is 7.87. The molecule has 0 spiro atoms. The van der Waals surface area contributed by atoms with Crippen molar-refractivity contribution >= 4 is 28.4 Å². The third-order valence-electron chi connectivity index (χ3n) is 6.89. The minimum atomic E-state index is -0.496. The van der Waals surface area contributed by atoms with E-state index >= 15 is 0 Å². The maximum absolute atomic E-state index is 14.1. The summed E-state index contributed by atoms with van der Waals surface area (Å²) in [5.74, 6) is 2.44. The maximum atomic E-state index is 14.1. The van der Waals surface area contributed by atoms with E-state index in [9.17, 15) is 4.39 Å². The maximum Gasteiger partial charge on any atom is 0.217 e. The van der Waals surface area contributed by atoms with E-state index in [4.69, 9.17) is 9.97 Å². The van der Waals surface area contributed by atoms with Crippen LogP contribution in [0.15, 0.2) is 36.8 Å². The minimum Gasteiger partial charge on any atom is -0.367 e. The minimum absolute atomic E-state index is 0.281. The van der Waals surface area contributed by atoms with Crippen LogP contribution in [0.5, 0.6) is 0 Å². The van der Waals surface area contributed by atoms with Gasteiger partial charge >= 0.3 is 0 Å². The summed E-state index contributed by atoms with van der Waals surface area (Å²) in [6, 6.07) is 5.79. The van der Waals surface area contributed by atoms with Gasteiger partial charge in [-0.05, 0) is 75.3 Å². The van der Waals surface area contributed by atoms with Crippen LogP contribution in [0.1, 0.15) is 68.6 Å². The first-order valence-corrected chi connectivity index (χ1v) is 12.7. The van der Waals surface area contributed by atoms with E-state index in [1.165, 1.54) is 24.8 Å². The molecule has 4 aromatic rings. The van der Waals surface area contributed by atoms with Crippen molar-refractivity contribution in [1.29, 1.82) is 0 Å². The van der Waals surface area contributed by atoms with Crippen molar-refractivity contribution in [1.82, 2.24) is 24.9 Å². The van der Waals surface area contributed by atoms with Crippen LogP contribution in [0, 0.1) is 19.8 Å². The average molecular weight is 486 g/mol. The summed E-state index contributed by atoms with van der Waals surface area (Å²) in [4.78, 5) is 22.9. The molecule has 0 unspecified atom stereocenters. The Kier molecular flexibility index (Phi) is 6.76. The zero-order valence-corrected chi connectivity index (χ0v) is 21.3. The van der Waals surface area contributed by atoms with Gasteiger partial charge in [0.25, 0.3) is 0 Å². The highest BCUT2D eigenvalue weighted by atomic mass is 19.1. The Morgan fingerprint density at radius 3 is 2.64 bits per heavy atom. The fraction of sp³-hybridized carbons (Fsp3) is 0.393. The van der Waals surface area contributed by atoms with Gasteiger partial charge in [0.2, 0.25) is 5.95 Å². The largest absolute Gasteiger partial charge is 0.367 e. The van der Waals surface area contributed by atoms with Gasteiger partial charge in [-0.25, -0.2) is 19.9 Å². The van der Waals surface area contributed by atoms with Gasteiger partial charge in [-0.3, -0.25) is 4.98 Å². The molecule has 7 nitrogen and oxygen atoms in total. The number of anilines is 3. The lowest BCUT2D eigenvalue weighted by molar-refractivity contribution is 0.421. The monoisotopic (exact) mass is 485 g/mol. The standard InChI is InChI=1S/C28H32FN7/c1-5-7-18(4)32-28-24-21(19-8-6-9-19)14-30-15-22(24)33-27(36-28)20-10-11-31-23(13-20)34-26-17(3)12-16(2)25(29)35-26/h10-15,18-19H,5-9H2,1-4H3,(H,31,34,35)(H,32,33,36)/t18-/m1/s1. The predicted molar refractivity (Wildman–Crippen MR) is 142 cm³/mol. The molecule has 0 saturated heterocycles. The van der Waals surface area contributed by atoms with Crippen LogP contribution < -0.4 is 10.6 Å². The van der Waals surface area contributed by atoms with Crippen molar-refractivity contribution in [2.24, 2.45) is 0 Å². The Balaban J connectivity index is 1.55. The molecule has 186 valence electrons. The first kappa shape index (κ1) is 24.0. The number of pyridine rings is 3. The number of hydrogen-bond acceptors (Lipinski definition) is 7. The van der Waals surface area contributed by atoms with Crippen LogP contribution in [-0.2, 0) is 0 Å². The number of nitrogens with zero attached hydrogens (tertiary/aromatic N) is 5. The van der Waals surface area contributed by atoms with Gasteiger partial charge in [0.15, 0.2) is 5.82 Å². The van der Waals surface area contributed by atoms with E-state index < -0.39 is 5.95 Å². The molecule has 5 rings (SSSR count). The Morgan fingerprint density at radius 2 is 1.89 bits per heavy atom. The zero-order chi connectivity index (χ0) is 25.2. The molecule has 4 aromatic heterocycles. The molecule has 0 radical (unpaired) electrons. The van der Waals surface area contributed by atoms with Gasteiger partial charge in [0.1, 0.15) is 17.5 Å². The van der Waals surface area contributed by atoms with E-state index in [1.807, 2.05) is 31.5 Å². The fourth-order valence-electron chi connectivity index (χ4n) is 4.72. The van der Waals surface area contributed by atoms with Crippen LogP contribution in [0.25, 0.3) is 22.3 Å². The smallest absolute Gasteiger partial charge is 0.217 e. The third-order valence-corrected chi connectivity index (χ3v) is 6.89. The normalized spacial score (nSPS) is 14.5. The molecule has 0 aliphatic heterocycles. The first-order valence-electron chi connectivity index (χ1n) is 12.7. The predicted octanol–water partition coefficient (Wildman–Crippen LogP) is 6.85. The Hall–Kier alpha value is -3.68.